The number of halogens is 2. The summed E-state index contributed by atoms with van der Waals surface area (Å²) in [5.74, 6) is -1.28. The van der Waals surface area contributed by atoms with E-state index in [9.17, 15) is 22.9 Å². The van der Waals surface area contributed by atoms with Crippen LogP contribution in [0.5, 0.6) is 11.5 Å². The molecule has 0 aliphatic heterocycles. The van der Waals surface area contributed by atoms with Gasteiger partial charge in [-0.1, -0.05) is 15.9 Å². The van der Waals surface area contributed by atoms with Crippen LogP contribution in [0.3, 0.4) is 0 Å². The Bertz CT molecular complexity index is 857. The highest BCUT2D eigenvalue weighted by molar-refractivity contribution is 9.10. The fourth-order valence-electron chi connectivity index (χ4n) is 1.58. The normalized spacial score (nSPS) is 11.2. The molecule has 0 aliphatic carbocycles. The smallest absolute Gasteiger partial charge is 0.312 e. The molecule has 0 spiro atoms. The van der Waals surface area contributed by atoms with Gasteiger partial charge in [-0.05, 0) is 30.3 Å². The summed E-state index contributed by atoms with van der Waals surface area (Å²) in [6, 6.07) is 6.72. The molecule has 10 heteroatoms. The Morgan fingerprint density at radius 3 is 2.36 bits per heavy atom. The van der Waals surface area contributed by atoms with Crippen molar-refractivity contribution in [3.63, 3.8) is 0 Å². The maximum atomic E-state index is 13.7. The van der Waals surface area contributed by atoms with E-state index in [0.29, 0.717) is 4.47 Å². The quantitative estimate of drug-likeness (QED) is 0.636. The Labute approximate surface area is 132 Å². The highest BCUT2D eigenvalue weighted by Gasteiger charge is 2.21. The van der Waals surface area contributed by atoms with E-state index in [1.54, 1.807) is 0 Å². The minimum atomic E-state index is -4.10. The van der Waals surface area contributed by atoms with Crippen molar-refractivity contribution < 1.29 is 22.5 Å². The molecule has 0 saturated carbocycles. The molecule has 0 amide bonds. The van der Waals surface area contributed by atoms with Gasteiger partial charge in [0.25, 0.3) is 0 Å². The van der Waals surface area contributed by atoms with Crippen LogP contribution in [0.25, 0.3) is 0 Å². The molecule has 0 heterocycles. The Hall–Kier alpha value is -2.04. The SMILES string of the molecule is NS(=O)(=O)c1ccc(Oc2ccc(Br)cc2F)c([N+](=O)[O-])c1. The first kappa shape index (κ1) is 16.3. The summed E-state index contributed by atoms with van der Waals surface area (Å²) in [6.45, 7) is 0. The van der Waals surface area contributed by atoms with Gasteiger partial charge in [-0.3, -0.25) is 10.1 Å². The van der Waals surface area contributed by atoms with Crippen molar-refractivity contribution in [1.29, 1.82) is 0 Å². The van der Waals surface area contributed by atoms with Gasteiger partial charge in [0.2, 0.25) is 15.8 Å². The fourth-order valence-corrected chi connectivity index (χ4v) is 2.45. The van der Waals surface area contributed by atoms with Crippen LogP contribution in [0, 0.1) is 15.9 Å². The van der Waals surface area contributed by atoms with Crippen molar-refractivity contribution in [2.75, 3.05) is 0 Å². The summed E-state index contributed by atoms with van der Waals surface area (Å²) in [7, 11) is -4.10. The molecule has 7 nitrogen and oxygen atoms in total. The number of hydrogen-bond donors (Lipinski definition) is 1. The fraction of sp³-hybridized carbons (Fsp3) is 0. The number of benzene rings is 2. The van der Waals surface area contributed by atoms with Gasteiger partial charge in [-0.15, -0.1) is 0 Å². The maximum absolute atomic E-state index is 13.7. The molecule has 0 radical (unpaired) electrons. The zero-order chi connectivity index (χ0) is 16.5. The number of ether oxygens (including phenoxy) is 1. The van der Waals surface area contributed by atoms with Gasteiger partial charge in [0.05, 0.1) is 9.82 Å². The van der Waals surface area contributed by atoms with E-state index < -0.39 is 31.3 Å². The highest BCUT2D eigenvalue weighted by atomic mass is 79.9. The van der Waals surface area contributed by atoms with E-state index in [-0.39, 0.29) is 11.5 Å². The lowest BCUT2D eigenvalue weighted by molar-refractivity contribution is -0.385. The van der Waals surface area contributed by atoms with Gasteiger partial charge in [0, 0.05) is 10.5 Å². The van der Waals surface area contributed by atoms with E-state index >= 15 is 0 Å². The molecule has 2 N–H and O–H groups in total. The van der Waals surface area contributed by atoms with Gasteiger partial charge in [0.1, 0.15) is 0 Å². The number of nitrogens with zero attached hydrogens (tertiary/aromatic N) is 1. The molecule has 0 bridgehead atoms. The molecular weight excluding hydrogens is 383 g/mol. The first-order valence-electron chi connectivity index (χ1n) is 5.62. The third kappa shape index (κ3) is 3.59. The van der Waals surface area contributed by atoms with E-state index in [4.69, 9.17) is 9.88 Å². The number of sulfonamides is 1. The Morgan fingerprint density at radius 2 is 1.82 bits per heavy atom. The van der Waals surface area contributed by atoms with Crippen LogP contribution < -0.4 is 9.88 Å². The second-order valence-electron chi connectivity index (χ2n) is 4.11. The van der Waals surface area contributed by atoms with Gasteiger partial charge in [-0.2, -0.15) is 0 Å². The second-order valence-corrected chi connectivity index (χ2v) is 6.59. The second kappa shape index (κ2) is 5.99. The Balaban J connectivity index is 2.49. The minimum absolute atomic E-state index is 0.241. The van der Waals surface area contributed by atoms with Gasteiger partial charge in [0.15, 0.2) is 11.6 Å². The number of rotatable bonds is 4. The molecule has 0 saturated heterocycles. The third-order valence-electron chi connectivity index (χ3n) is 2.57. The van der Waals surface area contributed by atoms with Crippen LogP contribution in [0.4, 0.5) is 10.1 Å². The first-order valence-corrected chi connectivity index (χ1v) is 7.96. The molecule has 0 aliphatic rings. The van der Waals surface area contributed by atoms with Crippen molar-refractivity contribution in [3.8, 4) is 11.5 Å². The van der Waals surface area contributed by atoms with Crippen molar-refractivity contribution >= 4 is 31.6 Å². The average Bonchev–Trinajstić information content (AvgIpc) is 2.40. The zero-order valence-corrected chi connectivity index (χ0v) is 13.1. The zero-order valence-electron chi connectivity index (χ0n) is 10.7. The minimum Gasteiger partial charge on any atom is -0.447 e. The van der Waals surface area contributed by atoms with E-state index in [1.807, 2.05) is 0 Å². The van der Waals surface area contributed by atoms with Crippen molar-refractivity contribution in [1.82, 2.24) is 0 Å². The number of hydrogen-bond acceptors (Lipinski definition) is 5. The van der Waals surface area contributed by atoms with Crippen molar-refractivity contribution in [2.45, 2.75) is 4.90 Å². The largest absolute Gasteiger partial charge is 0.447 e. The van der Waals surface area contributed by atoms with E-state index in [1.165, 1.54) is 12.1 Å². The van der Waals surface area contributed by atoms with Gasteiger partial charge < -0.3 is 4.74 Å². The molecule has 0 aromatic heterocycles. The predicted molar refractivity (Wildman–Crippen MR) is 78.6 cm³/mol. The lowest BCUT2D eigenvalue weighted by atomic mass is 10.3. The summed E-state index contributed by atoms with van der Waals surface area (Å²) in [5, 5.41) is 15.9. The molecule has 2 aromatic carbocycles. The Morgan fingerprint density at radius 1 is 1.18 bits per heavy atom. The van der Waals surface area contributed by atoms with Crippen molar-refractivity contribution in [3.05, 3.63) is 56.8 Å². The molecule has 0 atom stereocenters. The molecule has 0 fully saturated rings. The number of nitro benzene ring substituents is 1. The van der Waals surface area contributed by atoms with Crippen molar-refractivity contribution in [2.24, 2.45) is 5.14 Å². The molecule has 2 rings (SSSR count). The monoisotopic (exact) mass is 390 g/mol. The van der Waals surface area contributed by atoms with Crippen LogP contribution >= 0.6 is 15.9 Å². The summed E-state index contributed by atoms with van der Waals surface area (Å²) in [4.78, 5) is 9.73. The summed E-state index contributed by atoms with van der Waals surface area (Å²) in [6.07, 6.45) is 0. The van der Waals surface area contributed by atoms with Crippen LogP contribution in [0.1, 0.15) is 0 Å². The summed E-state index contributed by atoms with van der Waals surface area (Å²) < 4.78 is 41.8. The number of primary sulfonamides is 1. The number of nitro groups is 1. The van der Waals surface area contributed by atoms with Crippen LogP contribution in [-0.2, 0) is 10.0 Å². The summed E-state index contributed by atoms with van der Waals surface area (Å²) in [5.41, 5.74) is -0.645. The molecular formula is C12H8BrFN2O5S. The first-order chi connectivity index (χ1) is 10.2. The Kier molecular flexibility index (Phi) is 4.44. The topological polar surface area (TPSA) is 113 Å². The van der Waals surface area contributed by atoms with Crippen LogP contribution in [0.15, 0.2) is 45.8 Å². The number of nitrogens with two attached hydrogens (primary N) is 1. The highest BCUT2D eigenvalue weighted by Crippen LogP contribution is 2.34. The maximum Gasteiger partial charge on any atom is 0.312 e. The van der Waals surface area contributed by atoms with E-state index in [0.717, 1.165) is 24.3 Å². The van der Waals surface area contributed by atoms with E-state index in [2.05, 4.69) is 15.9 Å². The lowest BCUT2D eigenvalue weighted by Crippen LogP contribution is -2.12. The van der Waals surface area contributed by atoms with Gasteiger partial charge in [-0.25, -0.2) is 17.9 Å². The summed E-state index contributed by atoms with van der Waals surface area (Å²) >= 11 is 3.07. The van der Waals surface area contributed by atoms with Crippen LogP contribution in [0.2, 0.25) is 0 Å². The molecule has 2 aromatic rings. The predicted octanol–water partition coefficient (Wildman–Crippen LogP) is 2.94. The molecule has 0 unspecified atom stereocenters. The third-order valence-corrected chi connectivity index (χ3v) is 3.97. The molecule has 116 valence electrons. The lowest BCUT2D eigenvalue weighted by Gasteiger charge is -2.08. The van der Waals surface area contributed by atoms with Crippen LogP contribution in [-0.4, -0.2) is 13.3 Å². The van der Waals surface area contributed by atoms with Gasteiger partial charge >= 0.3 is 5.69 Å². The average molecular weight is 391 g/mol. The standard InChI is InChI=1S/C12H8BrFN2O5S/c13-7-1-3-11(9(14)5-7)21-12-4-2-8(22(15,19)20)6-10(12)16(17)18/h1-6H,(H2,15,19,20). The molecule has 22 heavy (non-hydrogen) atoms.